The van der Waals surface area contributed by atoms with Gasteiger partial charge in [0.1, 0.15) is 4.34 Å². The summed E-state index contributed by atoms with van der Waals surface area (Å²) < 4.78 is 1.07. The number of aromatic nitrogens is 1. The highest BCUT2D eigenvalue weighted by Crippen LogP contribution is 2.23. The van der Waals surface area contributed by atoms with Crippen LogP contribution in [0.25, 0.3) is 0 Å². The van der Waals surface area contributed by atoms with Gasteiger partial charge in [0.15, 0.2) is 0 Å². The number of carbonyl (C=O) groups excluding carboxylic acids is 1. The van der Waals surface area contributed by atoms with Gasteiger partial charge in [0.2, 0.25) is 5.91 Å². The molecule has 1 aliphatic heterocycles. The van der Waals surface area contributed by atoms with Crippen molar-refractivity contribution in [1.29, 1.82) is 0 Å². The molecule has 0 radical (unpaired) electrons. The van der Waals surface area contributed by atoms with Crippen molar-refractivity contribution in [1.82, 2.24) is 15.2 Å². The number of nitrogens with one attached hydrogen (secondary N) is 1. The van der Waals surface area contributed by atoms with Gasteiger partial charge in [0.25, 0.3) is 0 Å². The fourth-order valence-corrected chi connectivity index (χ4v) is 4.72. The van der Waals surface area contributed by atoms with E-state index >= 15 is 0 Å². The molecule has 24 heavy (non-hydrogen) atoms. The number of halogens is 1. The number of nitrogens with zero attached hydrogens (tertiary/aromatic N) is 2. The molecule has 1 fully saturated rings. The fraction of sp³-hybridized carbons (Fsp3) is 0.412. The van der Waals surface area contributed by atoms with Crippen LogP contribution >= 0.6 is 34.7 Å². The molecule has 0 bridgehead atoms. The Balaban J connectivity index is 1.44. The smallest absolute Gasteiger partial charge is 0.222 e. The molecular weight excluding hydrogens is 362 g/mol. The van der Waals surface area contributed by atoms with Crippen LogP contribution in [0.4, 0.5) is 0 Å². The molecule has 0 saturated carbocycles. The Kier molecular flexibility index (Phi) is 6.54. The Hall–Kier alpha value is -1.08. The number of rotatable bonds is 8. The molecule has 3 rings (SSSR count). The average molecular weight is 382 g/mol. The van der Waals surface area contributed by atoms with E-state index in [4.69, 9.17) is 11.6 Å². The number of thioether (sulfide) groups is 1. The first-order valence-corrected chi connectivity index (χ1v) is 10.2. The molecule has 2 heterocycles. The lowest BCUT2D eigenvalue weighted by molar-refractivity contribution is -0.128. The van der Waals surface area contributed by atoms with E-state index in [1.54, 1.807) is 23.1 Å². The van der Waals surface area contributed by atoms with Gasteiger partial charge in [0.05, 0.1) is 0 Å². The zero-order valence-corrected chi connectivity index (χ0v) is 15.7. The summed E-state index contributed by atoms with van der Waals surface area (Å²) in [6.07, 6.45) is 3.41. The van der Waals surface area contributed by atoms with Gasteiger partial charge in [-0.1, -0.05) is 35.5 Å². The Labute approximate surface area is 155 Å². The Morgan fingerprint density at radius 2 is 2.38 bits per heavy atom. The molecule has 1 atom stereocenters. The summed E-state index contributed by atoms with van der Waals surface area (Å²) in [5.41, 5.74) is 1.16. The molecular formula is C17H20ClN3OS2. The van der Waals surface area contributed by atoms with Crippen molar-refractivity contribution in [3.05, 3.63) is 46.4 Å². The first-order valence-electron chi connectivity index (χ1n) is 7.99. The quantitative estimate of drug-likeness (QED) is 0.708. The predicted molar refractivity (Wildman–Crippen MR) is 101 cm³/mol. The van der Waals surface area contributed by atoms with Crippen LogP contribution in [0, 0.1) is 0 Å². The zero-order valence-electron chi connectivity index (χ0n) is 13.3. The molecule has 1 aliphatic rings. The first-order chi connectivity index (χ1) is 11.7. The van der Waals surface area contributed by atoms with E-state index in [9.17, 15) is 4.79 Å². The predicted octanol–water partition coefficient (Wildman–Crippen LogP) is 3.67. The third kappa shape index (κ3) is 4.96. The van der Waals surface area contributed by atoms with E-state index < -0.39 is 0 Å². The van der Waals surface area contributed by atoms with Crippen molar-refractivity contribution in [2.24, 2.45) is 0 Å². The lowest BCUT2D eigenvalue weighted by atomic mass is 10.2. The summed E-state index contributed by atoms with van der Waals surface area (Å²) in [5.74, 6) is 1.16. The van der Waals surface area contributed by atoms with Gasteiger partial charge in [-0.3, -0.25) is 4.79 Å². The maximum atomic E-state index is 12.1. The monoisotopic (exact) mass is 381 g/mol. The summed E-state index contributed by atoms with van der Waals surface area (Å²) in [5, 5.41) is 6.19. The summed E-state index contributed by atoms with van der Waals surface area (Å²) in [4.78, 5) is 18.4. The van der Waals surface area contributed by atoms with Gasteiger partial charge in [-0.25, -0.2) is 4.98 Å². The Bertz CT molecular complexity index is 666. The van der Waals surface area contributed by atoms with Crippen LogP contribution in [0.15, 0.2) is 40.2 Å². The van der Waals surface area contributed by atoms with Gasteiger partial charge >= 0.3 is 0 Å². The molecule has 1 aromatic carbocycles. The van der Waals surface area contributed by atoms with Crippen LogP contribution in [0.1, 0.15) is 18.4 Å². The van der Waals surface area contributed by atoms with E-state index in [2.05, 4.69) is 16.4 Å². The van der Waals surface area contributed by atoms with Gasteiger partial charge in [-0.2, -0.15) is 0 Å². The second-order valence-electron chi connectivity index (χ2n) is 5.69. The van der Waals surface area contributed by atoms with Gasteiger partial charge in [-0.15, -0.1) is 11.3 Å². The normalized spacial score (nSPS) is 17.6. The SMILES string of the molecule is O=C1CC[C@H](CNCc2cccc(Cl)c2)N1CCSc1nccs1. The van der Waals surface area contributed by atoms with Crippen molar-refractivity contribution >= 4 is 40.6 Å². The van der Waals surface area contributed by atoms with Crippen LogP contribution in [0.5, 0.6) is 0 Å². The molecule has 1 amide bonds. The zero-order chi connectivity index (χ0) is 16.8. The lowest BCUT2D eigenvalue weighted by Gasteiger charge is -2.25. The van der Waals surface area contributed by atoms with Gasteiger partial charge in [-0.05, 0) is 24.1 Å². The fourth-order valence-electron chi connectivity index (χ4n) is 2.86. The standard InChI is InChI=1S/C17H20ClN3OS2/c18-14-3-1-2-13(10-14)11-19-12-15-4-5-16(22)21(15)7-9-24-17-20-6-8-23-17/h1-3,6,8,10,15,19H,4-5,7,9,11-12H2/t15-/m1/s1. The topological polar surface area (TPSA) is 45.2 Å². The summed E-state index contributed by atoms with van der Waals surface area (Å²) in [6.45, 7) is 2.37. The summed E-state index contributed by atoms with van der Waals surface area (Å²) in [7, 11) is 0. The molecule has 0 spiro atoms. The third-order valence-electron chi connectivity index (χ3n) is 4.02. The van der Waals surface area contributed by atoms with Crippen molar-refractivity contribution in [2.45, 2.75) is 29.8 Å². The van der Waals surface area contributed by atoms with E-state index in [1.165, 1.54) is 0 Å². The second kappa shape index (κ2) is 8.85. The third-order valence-corrected chi connectivity index (χ3v) is 6.20. The van der Waals surface area contributed by atoms with E-state index in [0.29, 0.717) is 6.42 Å². The van der Waals surface area contributed by atoms with E-state index in [0.717, 1.165) is 46.7 Å². The van der Waals surface area contributed by atoms with Crippen molar-refractivity contribution < 1.29 is 4.79 Å². The van der Waals surface area contributed by atoms with Crippen molar-refractivity contribution in [3.8, 4) is 0 Å². The number of benzene rings is 1. The molecule has 0 aliphatic carbocycles. The molecule has 0 unspecified atom stereocenters. The number of hydrogen-bond donors (Lipinski definition) is 1. The summed E-state index contributed by atoms with van der Waals surface area (Å²) in [6, 6.07) is 8.15. The van der Waals surface area contributed by atoms with E-state index in [1.807, 2.05) is 34.7 Å². The molecule has 2 aromatic rings. The maximum absolute atomic E-state index is 12.1. The van der Waals surface area contributed by atoms with Gasteiger partial charge < -0.3 is 10.2 Å². The Morgan fingerprint density at radius 3 is 3.17 bits per heavy atom. The second-order valence-corrected chi connectivity index (χ2v) is 8.36. The molecule has 4 nitrogen and oxygen atoms in total. The minimum atomic E-state index is 0.268. The number of carbonyl (C=O) groups is 1. The highest BCUT2D eigenvalue weighted by Gasteiger charge is 2.30. The van der Waals surface area contributed by atoms with Crippen LogP contribution < -0.4 is 5.32 Å². The number of thiazole rings is 1. The van der Waals surface area contributed by atoms with Crippen LogP contribution in [-0.4, -0.2) is 40.7 Å². The maximum Gasteiger partial charge on any atom is 0.222 e. The number of likely N-dealkylation sites (tertiary alicyclic amines) is 1. The van der Waals surface area contributed by atoms with Crippen molar-refractivity contribution in [2.75, 3.05) is 18.8 Å². The largest absolute Gasteiger partial charge is 0.338 e. The molecule has 1 saturated heterocycles. The van der Waals surface area contributed by atoms with Crippen LogP contribution in [0.3, 0.4) is 0 Å². The molecule has 1 aromatic heterocycles. The number of hydrogen-bond acceptors (Lipinski definition) is 5. The van der Waals surface area contributed by atoms with Crippen LogP contribution in [-0.2, 0) is 11.3 Å². The molecule has 1 N–H and O–H groups in total. The lowest BCUT2D eigenvalue weighted by Crippen LogP contribution is -2.41. The minimum absolute atomic E-state index is 0.268. The average Bonchev–Trinajstić information content (AvgIpc) is 3.19. The van der Waals surface area contributed by atoms with Gasteiger partial charge in [0, 0.05) is 54.4 Å². The summed E-state index contributed by atoms with van der Waals surface area (Å²) >= 11 is 9.37. The first kappa shape index (κ1) is 17.7. The number of amides is 1. The van der Waals surface area contributed by atoms with Crippen LogP contribution in [0.2, 0.25) is 5.02 Å². The highest BCUT2D eigenvalue weighted by atomic mass is 35.5. The molecule has 7 heteroatoms. The minimum Gasteiger partial charge on any atom is -0.338 e. The Morgan fingerprint density at radius 1 is 1.46 bits per heavy atom. The van der Waals surface area contributed by atoms with E-state index in [-0.39, 0.29) is 11.9 Å². The molecule has 128 valence electrons. The van der Waals surface area contributed by atoms with Crippen molar-refractivity contribution in [3.63, 3.8) is 0 Å². The highest BCUT2D eigenvalue weighted by molar-refractivity contribution is 8.01.